The molecule has 0 aliphatic carbocycles. The van der Waals surface area contributed by atoms with Gasteiger partial charge in [0, 0.05) is 23.6 Å². The molecule has 2 aromatic carbocycles. The van der Waals surface area contributed by atoms with Gasteiger partial charge in [0.25, 0.3) is 0 Å². The van der Waals surface area contributed by atoms with E-state index in [-0.39, 0.29) is 0 Å². The van der Waals surface area contributed by atoms with E-state index in [2.05, 4.69) is 9.97 Å². The first-order valence-corrected chi connectivity index (χ1v) is 9.20. The Labute approximate surface area is 155 Å². The fourth-order valence-electron chi connectivity index (χ4n) is 2.39. The van der Waals surface area contributed by atoms with Gasteiger partial charge in [0.2, 0.25) is 5.88 Å². The maximum Gasteiger partial charge on any atom is 0.223 e. The zero-order valence-electron chi connectivity index (χ0n) is 14.5. The number of hydrogen-bond acceptors (Lipinski definition) is 4. The van der Waals surface area contributed by atoms with Crippen molar-refractivity contribution in [3.8, 4) is 11.6 Å². The topological polar surface area (TPSA) is 35.0 Å². The molecule has 6 heteroatoms. The summed E-state index contributed by atoms with van der Waals surface area (Å²) in [7, 11) is 0. The molecule has 0 fully saturated rings. The number of thioether (sulfide) groups is 1. The Morgan fingerprint density at radius 2 is 1.77 bits per heavy atom. The first kappa shape index (κ1) is 18.3. The van der Waals surface area contributed by atoms with E-state index in [9.17, 15) is 8.78 Å². The molecule has 0 aliphatic rings. The van der Waals surface area contributed by atoms with Crippen molar-refractivity contribution in [3.63, 3.8) is 0 Å². The van der Waals surface area contributed by atoms with Crippen LogP contribution in [-0.2, 0) is 12.2 Å². The lowest BCUT2D eigenvalue weighted by atomic mass is 10.2. The average Bonchev–Trinajstić information content (AvgIpc) is 2.59. The van der Waals surface area contributed by atoms with Crippen molar-refractivity contribution >= 4 is 11.8 Å². The van der Waals surface area contributed by atoms with Crippen LogP contribution in [-0.4, -0.2) is 9.97 Å². The summed E-state index contributed by atoms with van der Waals surface area (Å²) >= 11 is 1.31. The van der Waals surface area contributed by atoms with Crippen LogP contribution in [0.15, 0.2) is 53.7 Å². The first-order valence-electron chi connectivity index (χ1n) is 8.22. The van der Waals surface area contributed by atoms with Crippen LogP contribution in [0.25, 0.3) is 0 Å². The summed E-state index contributed by atoms with van der Waals surface area (Å²) in [5.41, 5.74) is 2.48. The Bertz CT molecular complexity index is 898. The van der Waals surface area contributed by atoms with Gasteiger partial charge in [0.05, 0.1) is 0 Å². The highest BCUT2D eigenvalue weighted by Gasteiger charge is 2.08. The molecule has 0 saturated carbocycles. The van der Waals surface area contributed by atoms with E-state index in [1.54, 1.807) is 6.07 Å². The Balaban J connectivity index is 1.78. The lowest BCUT2D eigenvalue weighted by molar-refractivity contribution is 0.453. The van der Waals surface area contributed by atoms with E-state index in [1.807, 2.05) is 38.1 Å². The van der Waals surface area contributed by atoms with Gasteiger partial charge in [-0.05, 0) is 48.7 Å². The molecule has 0 bridgehead atoms. The summed E-state index contributed by atoms with van der Waals surface area (Å²) in [5, 5.41) is 0.511. The predicted octanol–water partition coefficient (Wildman–Crippen LogP) is 5.71. The van der Waals surface area contributed by atoms with Gasteiger partial charge in [-0.1, -0.05) is 30.8 Å². The van der Waals surface area contributed by atoms with Crippen LogP contribution in [0.2, 0.25) is 0 Å². The lowest BCUT2D eigenvalue weighted by Gasteiger charge is -2.09. The van der Waals surface area contributed by atoms with Crippen molar-refractivity contribution in [2.75, 3.05) is 0 Å². The van der Waals surface area contributed by atoms with Crippen molar-refractivity contribution < 1.29 is 13.5 Å². The second-order valence-electron chi connectivity index (χ2n) is 5.82. The van der Waals surface area contributed by atoms with E-state index >= 15 is 0 Å². The summed E-state index contributed by atoms with van der Waals surface area (Å²) in [6.45, 7) is 3.99. The molecule has 0 atom stereocenters. The highest BCUT2D eigenvalue weighted by molar-refractivity contribution is 7.98. The van der Waals surface area contributed by atoms with Crippen LogP contribution in [0, 0.1) is 18.6 Å². The van der Waals surface area contributed by atoms with Crippen LogP contribution >= 0.6 is 11.8 Å². The molecule has 0 saturated heterocycles. The highest BCUT2D eigenvalue weighted by Crippen LogP contribution is 2.26. The van der Waals surface area contributed by atoms with Gasteiger partial charge < -0.3 is 4.74 Å². The predicted molar refractivity (Wildman–Crippen MR) is 98.6 cm³/mol. The minimum Gasteiger partial charge on any atom is -0.439 e. The van der Waals surface area contributed by atoms with Crippen molar-refractivity contribution in [1.29, 1.82) is 0 Å². The largest absolute Gasteiger partial charge is 0.439 e. The molecular weight excluding hydrogens is 354 g/mol. The molecule has 3 rings (SSSR count). The van der Waals surface area contributed by atoms with Crippen LogP contribution in [0.4, 0.5) is 8.78 Å². The van der Waals surface area contributed by atoms with E-state index < -0.39 is 11.6 Å². The minimum atomic E-state index is -0.590. The first-order chi connectivity index (χ1) is 12.5. The Morgan fingerprint density at radius 1 is 1.00 bits per heavy atom. The zero-order valence-corrected chi connectivity index (χ0v) is 15.3. The van der Waals surface area contributed by atoms with E-state index in [0.717, 1.165) is 23.7 Å². The average molecular weight is 372 g/mol. The van der Waals surface area contributed by atoms with E-state index in [1.165, 1.54) is 23.9 Å². The number of ether oxygens (including phenoxy) is 1. The number of rotatable bonds is 6. The van der Waals surface area contributed by atoms with Crippen molar-refractivity contribution in [2.45, 2.75) is 31.2 Å². The van der Waals surface area contributed by atoms with Gasteiger partial charge in [-0.15, -0.1) is 0 Å². The molecule has 0 unspecified atom stereocenters. The molecule has 1 aromatic heterocycles. The molecule has 3 nitrogen and oxygen atoms in total. The molecular formula is C20H18F2N2OS. The number of aromatic nitrogens is 2. The van der Waals surface area contributed by atoms with Crippen LogP contribution in [0.3, 0.4) is 0 Å². The number of aryl methyl sites for hydroxylation is 2. The fraction of sp³-hybridized carbons (Fsp3) is 0.200. The van der Waals surface area contributed by atoms with Gasteiger partial charge in [0.15, 0.2) is 5.16 Å². The molecule has 0 spiro atoms. The molecule has 3 aromatic rings. The summed E-state index contributed by atoms with van der Waals surface area (Å²) in [4.78, 5) is 8.86. The normalized spacial score (nSPS) is 10.8. The third-order valence-corrected chi connectivity index (χ3v) is 4.52. The number of benzene rings is 2. The fourth-order valence-corrected chi connectivity index (χ4v) is 3.19. The van der Waals surface area contributed by atoms with Crippen molar-refractivity contribution in [1.82, 2.24) is 9.97 Å². The Kier molecular flexibility index (Phi) is 5.83. The van der Waals surface area contributed by atoms with Crippen molar-refractivity contribution in [2.24, 2.45) is 0 Å². The quantitative estimate of drug-likeness (QED) is 0.410. The number of nitrogens with zero attached hydrogens (tertiary/aromatic N) is 2. The molecule has 0 amide bonds. The molecule has 134 valence electrons. The monoisotopic (exact) mass is 372 g/mol. The van der Waals surface area contributed by atoms with Gasteiger partial charge in [-0.2, -0.15) is 4.98 Å². The summed E-state index contributed by atoms with van der Waals surface area (Å²) < 4.78 is 32.5. The van der Waals surface area contributed by atoms with Gasteiger partial charge in [0.1, 0.15) is 17.4 Å². The second kappa shape index (κ2) is 8.27. The summed E-state index contributed by atoms with van der Waals surface area (Å²) in [6.07, 6.45) is 0.731. The Hall–Kier alpha value is -2.47. The second-order valence-corrected chi connectivity index (χ2v) is 6.76. The third kappa shape index (κ3) is 5.02. The van der Waals surface area contributed by atoms with E-state index in [4.69, 9.17) is 4.74 Å². The minimum absolute atomic E-state index is 0.367. The van der Waals surface area contributed by atoms with Crippen LogP contribution < -0.4 is 4.74 Å². The van der Waals surface area contributed by atoms with Crippen LogP contribution in [0.5, 0.6) is 11.6 Å². The maximum absolute atomic E-state index is 13.3. The van der Waals surface area contributed by atoms with Gasteiger partial charge in [-0.25, -0.2) is 13.8 Å². The highest BCUT2D eigenvalue weighted by atomic mass is 32.2. The van der Waals surface area contributed by atoms with E-state index in [0.29, 0.717) is 28.1 Å². The third-order valence-electron chi connectivity index (χ3n) is 3.60. The van der Waals surface area contributed by atoms with Gasteiger partial charge >= 0.3 is 0 Å². The number of halogens is 2. The summed E-state index contributed by atoms with van der Waals surface area (Å²) in [5.74, 6) is 0.343. The summed E-state index contributed by atoms with van der Waals surface area (Å²) in [6, 6.07) is 13.0. The van der Waals surface area contributed by atoms with Gasteiger partial charge in [-0.3, -0.25) is 0 Å². The zero-order chi connectivity index (χ0) is 18.5. The lowest BCUT2D eigenvalue weighted by Crippen LogP contribution is -1.98. The van der Waals surface area contributed by atoms with Crippen molar-refractivity contribution in [3.05, 3.63) is 77.0 Å². The molecule has 0 aliphatic heterocycles. The molecule has 0 radical (unpaired) electrons. The van der Waals surface area contributed by atoms with Crippen LogP contribution in [0.1, 0.15) is 23.7 Å². The molecule has 1 heterocycles. The smallest absolute Gasteiger partial charge is 0.223 e. The standard InChI is InChI=1S/C20H18F2N2OS/c1-3-17-11-19(25-18-6-4-5-13(2)7-18)24-20(23-17)26-12-14-8-15(21)10-16(22)9-14/h4-11H,3,12H2,1-2H3. The number of hydrogen-bond donors (Lipinski definition) is 0. The maximum atomic E-state index is 13.3. The Morgan fingerprint density at radius 3 is 2.46 bits per heavy atom. The SMILES string of the molecule is CCc1cc(Oc2cccc(C)c2)nc(SCc2cc(F)cc(F)c2)n1. The molecule has 0 N–H and O–H groups in total. The molecule has 26 heavy (non-hydrogen) atoms.